The molecule has 2 aromatic rings. The lowest BCUT2D eigenvalue weighted by Gasteiger charge is -2.15. The van der Waals surface area contributed by atoms with Crippen molar-refractivity contribution < 1.29 is 9.53 Å². The predicted octanol–water partition coefficient (Wildman–Crippen LogP) is 2.51. The highest BCUT2D eigenvalue weighted by atomic mass is 32.1. The number of ether oxygens (including phenoxy) is 1. The number of hydrogen-bond acceptors (Lipinski definition) is 4. The molecule has 1 aliphatic rings. The third-order valence-corrected chi connectivity index (χ3v) is 4.70. The average Bonchev–Trinajstić information content (AvgIpc) is 3.13. The van der Waals surface area contributed by atoms with Crippen LogP contribution in [0.3, 0.4) is 0 Å². The van der Waals surface area contributed by atoms with Gasteiger partial charge in [0, 0.05) is 24.2 Å². The molecule has 1 aliphatic heterocycles. The topological polar surface area (TPSA) is 70.1 Å². The van der Waals surface area contributed by atoms with Crippen LogP contribution in [0.5, 0.6) is 0 Å². The lowest BCUT2D eigenvalue weighted by atomic mass is 10.2. The molecule has 0 radical (unpaired) electrons. The van der Waals surface area contributed by atoms with Gasteiger partial charge in [0.1, 0.15) is 0 Å². The fourth-order valence-electron chi connectivity index (χ4n) is 2.82. The minimum Gasteiger partial charge on any atom is -0.376 e. The van der Waals surface area contributed by atoms with Crippen molar-refractivity contribution in [3.63, 3.8) is 0 Å². The van der Waals surface area contributed by atoms with Crippen molar-refractivity contribution in [3.8, 4) is 11.4 Å². The van der Waals surface area contributed by atoms with Crippen LogP contribution in [0.25, 0.3) is 11.4 Å². The monoisotopic (exact) mass is 305 g/mol. The molecule has 2 N–H and O–H groups in total. The smallest absolute Gasteiger partial charge is 0.250 e. The van der Waals surface area contributed by atoms with Crippen LogP contribution >= 0.6 is 11.3 Å². The first-order chi connectivity index (χ1) is 10.1. The predicted molar refractivity (Wildman–Crippen MR) is 82.5 cm³/mol. The van der Waals surface area contributed by atoms with E-state index in [2.05, 4.69) is 9.55 Å². The van der Waals surface area contributed by atoms with E-state index in [-0.39, 0.29) is 6.10 Å². The van der Waals surface area contributed by atoms with E-state index in [0.29, 0.717) is 5.56 Å². The molecular formula is C15H19N3O2S. The van der Waals surface area contributed by atoms with Crippen LogP contribution in [0.2, 0.25) is 0 Å². The van der Waals surface area contributed by atoms with Gasteiger partial charge in [-0.3, -0.25) is 4.79 Å². The first-order valence-electron chi connectivity index (χ1n) is 7.10. The van der Waals surface area contributed by atoms with E-state index in [9.17, 15) is 4.79 Å². The van der Waals surface area contributed by atoms with Crippen molar-refractivity contribution >= 4 is 17.2 Å². The summed E-state index contributed by atoms with van der Waals surface area (Å²) in [6.07, 6.45) is 2.35. The molecule has 21 heavy (non-hydrogen) atoms. The molecule has 1 amide bonds. The first kappa shape index (κ1) is 14.3. The maximum absolute atomic E-state index is 11.6. The summed E-state index contributed by atoms with van der Waals surface area (Å²) >= 11 is 1.60. The largest absolute Gasteiger partial charge is 0.376 e. The number of thiazole rings is 1. The fraction of sp³-hybridized carbons (Fsp3) is 0.467. The summed E-state index contributed by atoms with van der Waals surface area (Å²) in [6, 6.07) is 1.85. The zero-order valence-corrected chi connectivity index (χ0v) is 13.1. The summed E-state index contributed by atoms with van der Waals surface area (Å²) in [5, 5.41) is 3.02. The number of primary amides is 1. The van der Waals surface area contributed by atoms with Crippen molar-refractivity contribution in [1.82, 2.24) is 9.55 Å². The molecule has 1 saturated heterocycles. The molecule has 1 unspecified atom stereocenters. The van der Waals surface area contributed by atoms with Crippen molar-refractivity contribution in [2.24, 2.45) is 5.73 Å². The van der Waals surface area contributed by atoms with Crippen LogP contribution in [0.4, 0.5) is 0 Å². The molecule has 1 fully saturated rings. The van der Waals surface area contributed by atoms with Gasteiger partial charge in [-0.05, 0) is 32.8 Å². The molecule has 0 bridgehead atoms. The maximum atomic E-state index is 11.6. The number of hydrogen-bond donors (Lipinski definition) is 1. The van der Waals surface area contributed by atoms with Crippen LogP contribution in [0.15, 0.2) is 11.4 Å². The summed E-state index contributed by atoms with van der Waals surface area (Å²) in [5.74, 6) is -0.396. The maximum Gasteiger partial charge on any atom is 0.250 e. The van der Waals surface area contributed by atoms with E-state index in [4.69, 9.17) is 10.5 Å². The molecule has 3 rings (SSSR count). The summed E-state index contributed by atoms with van der Waals surface area (Å²) < 4.78 is 7.84. The fourth-order valence-corrected chi connectivity index (χ4v) is 3.42. The van der Waals surface area contributed by atoms with Gasteiger partial charge in [0.25, 0.3) is 5.91 Å². The zero-order chi connectivity index (χ0) is 15.0. The van der Waals surface area contributed by atoms with E-state index < -0.39 is 5.91 Å². The standard InChI is InChI=1S/C15H19N3O2S/c1-9-12(15(16)19)6-14(13-8-21-10(2)17-13)18(9)7-11-4-3-5-20-11/h6,8,11H,3-5,7H2,1-2H3,(H2,16,19). The van der Waals surface area contributed by atoms with E-state index in [1.165, 1.54) is 0 Å². The molecule has 6 heteroatoms. The van der Waals surface area contributed by atoms with Gasteiger partial charge in [0.2, 0.25) is 0 Å². The lowest BCUT2D eigenvalue weighted by Crippen LogP contribution is -2.18. The first-order valence-corrected chi connectivity index (χ1v) is 7.98. The highest BCUT2D eigenvalue weighted by Gasteiger charge is 2.22. The molecule has 112 valence electrons. The summed E-state index contributed by atoms with van der Waals surface area (Å²) in [7, 11) is 0. The minimum atomic E-state index is -0.396. The number of carbonyl (C=O) groups is 1. The molecule has 5 nitrogen and oxygen atoms in total. The second kappa shape index (κ2) is 5.61. The Balaban J connectivity index is 2.03. The van der Waals surface area contributed by atoms with Gasteiger partial charge in [0.05, 0.1) is 28.1 Å². The van der Waals surface area contributed by atoms with Gasteiger partial charge >= 0.3 is 0 Å². The number of nitrogens with zero attached hydrogens (tertiary/aromatic N) is 2. The van der Waals surface area contributed by atoms with Crippen LogP contribution in [-0.4, -0.2) is 28.2 Å². The Morgan fingerprint density at radius 2 is 2.38 bits per heavy atom. The number of carbonyl (C=O) groups excluding carboxylic acids is 1. The Morgan fingerprint density at radius 3 is 2.95 bits per heavy atom. The molecule has 1 atom stereocenters. The van der Waals surface area contributed by atoms with Gasteiger partial charge in [-0.15, -0.1) is 11.3 Å². The van der Waals surface area contributed by atoms with E-state index in [1.54, 1.807) is 11.3 Å². The Labute approximate surface area is 127 Å². The van der Waals surface area contributed by atoms with Crippen LogP contribution in [0.1, 0.15) is 33.9 Å². The van der Waals surface area contributed by atoms with Crippen LogP contribution in [0, 0.1) is 13.8 Å². The Morgan fingerprint density at radius 1 is 1.57 bits per heavy atom. The van der Waals surface area contributed by atoms with Crippen molar-refractivity contribution in [1.29, 1.82) is 0 Å². The van der Waals surface area contributed by atoms with Gasteiger partial charge in [-0.1, -0.05) is 0 Å². The molecular weight excluding hydrogens is 286 g/mol. The summed E-state index contributed by atoms with van der Waals surface area (Å²) in [4.78, 5) is 16.2. The van der Waals surface area contributed by atoms with Gasteiger partial charge in [-0.2, -0.15) is 0 Å². The zero-order valence-electron chi connectivity index (χ0n) is 12.3. The van der Waals surface area contributed by atoms with Gasteiger partial charge in [0.15, 0.2) is 0 Å². The Kier molecular flexibility index (Phi) is 3.82. The second-order valence-electron chi connectivity index (χ2n) is 5.39. The van der Waals surface area contributed by atoms with Crippen molar-refractivity contribution in [2.75, 3.05) is 6.61 Å². The Hall–Kier alpha value is -1.66. The number of amides is 1. The lowest BCUT2D eigenvalue weighted by molar-refractivity contribution is 0.0961. The van der Waals surface area contributed by atoms with Crippen LogP contribution < -0.4 is 5.73 Å². The van der Waals surface area contributed by atoms with E-state index in [1.807, 2.05) is 25.3 Å². The van der Waals surface area contributed by atoms with Crippen molar-refractivity contribution in [3.05, 3.63) is 27.7 Å². The molecule has 0 aromatic carbocycles. The normalized spacial score (nSPS) is 18.3. The van der Waals surface area contributed by atoms with Gasteiger partial charge in [-0.25, -0.2) is 4.98 Å². The number of rotatable bonds is 4. The number of nitrogens with two attached hydrogens (primary N) is 1. The van der Waals surface area contributed by atoms with E-state index >= 15 is 0 Å². The number of aromatic nitrogens is 2. The van der Waals surface area contributed by atoms with Crippen molar-refractivity contribution in [2.45, 2.75) is 39.3 Å². The molecule has 3 heterocycles. The average molecular weight is 305 g/mol. The SMILES string of the molecule is Cc1nc(-c2cc(C(N)=O)c(C)n2CC2CCCO2)cs1. The third kappa shape index (κ3) is 2.73. The number of aryl methyl sites for hydroxylation is 1. The molecule has 2 aromatic heterocycles. The third-order valence-electron chi connectivity index (χ3n) is 3.92. The second-order valence-corrected chi connectivity index (χ2v) is 6.45. The van der Waals surface area contributed by atoms with Crippen LogP contribution in [-0.2, 0) is 11.3 Å². The van der Waals surface area contributed by atoms with E-state index in [0.717, 1.165) is 48.1 Å². The molecule has 0 saturated carbocycles. The van der Waals surface area contributed by atoms with Gasteiger partial charge < -0.3 is 15.0 Å². The minimum absolute atomic E-state index is 0.204. The Bertz CT molecular complexity index is 669. The summed E-state index contributed by atoms with van der Waals surface area (Å²) in [5.41, 5.74) is 8.78. The highest BCUT2D eigenvalue weighted by molar-refractivity contribution is 7.09. The highest BCUT2D eigenvalue weighted by Crippen LogP contribution is 2.28. The quantitative estimate of drug-likeness (QED) is 0.943. The molecule has 0 spiro atoms. The molecule has 0 aliphatic carbocycles. The summed E-state index contributed by atoms with van der Waals surface area (Å²) in [6.45, 7) is 5.46.